The van der Waals surface area contributed by atoms with Crippen LogP contribution in [0.5, 0.6) is 0 Å². The Morgan fingerprint density at radius 1 is 1.11 bits per heavy atom. The molecule has 0 radical (unpaired) electrons. The number of aromatic nitrogens is 2. The molecule has 0 unspecified atom stereocenters. The smallest absolute Gasteiger partial charge is 0.340 e. The van der Waals surface area contributed by atoms with Crippen molar-refractivity contribution in [2.75, 3.05) is 7.05 Å². The lowest BCUT2D eigenvalue weighted by Crippen LogP contribution is -2.34. The predicted molar refractivity (Wildman–Crippen MR) is 93.9 cm³/mol. The Balaban J connectivity index is 1.80. The zero-order chi connectivity index (χ0) is 19.6. The summed E-state index contributed by atoms with van der Waals surface area (Å²) >= 11 is 0. The van der Waals surface area contributed by atoms with Crippen LogP contribution in [0.25, 0.3) is 10.9 Å². The zero-order valence-corrected chi connectivity index (χ0v) is 14.4. The lowest BCUT2D eigenvalue weighted by molar-refractivity contribution is -0.139. The van der Waals surface area contributed by atoms with Gasteiger partial charge in [0.2, 0.25) is 5.91 Å². The minimum absolute atomic E-state index is 0.00941. The van der Waals surface area contributed by atoms with Gasteiger partial charge in [0, 0.05) is 13.6 Å². The number of amides is 1. The number of alkyl halides is 3. The molecule has 5 nitrogen and oxygen atoms in total. The van der Waals surface area contributed by atoms with Crippen molar-refractivity contribution in [1.29, 1.82) is 0 Å². The zero-order valence-electron chi connectivity index (χ0n) is 14.4. The number of hydrogen-bond donors (Lipinski definition) is 0. The Hall–Kier alpha value is -3.16. The molecule has 3 rings (SSSR count). The third kappa shape index (κ3) is 3.99. The van der Waals surface area contributed by atoms with Gasteiger partial charge in [0.1, 0.15) is 6.54 Å². The molecule has 0 aliphatic heterocycles. The molecule has 140 valence electrons. The summed E-state index contributed by atoms with van der Waals surface area (Å²) in [7, 11) is 1.40. The number of carbonyl (C=O) groups is 1. The monoisotopic (exact) mass is 375 g/mol. The highest BCUT2D eigenvalue weighted by Gasteiger charge is 2.33. The van der Waals surface area contributed by atoms with Gasteiger partial charge in [0.15, 0.2) is 0 Å². The molecule has 8 heteroatoms. The van der Waals surface area contributed by atoms with Crippen molar-refractivity contribution < 1.29 is 18.0 Å². The number of fused-ring (bicyclic) bond motifs is 1. The van der Waals surface area contributed by atoms with Crippen molar-refractivity contribution in [2.45, 2.75) is 19.3 Å². The Morgan fingerprint density at radius 3 is 2.52 bits per heavy atom. The highest BCUT2D eigenvalue weighted by molar-refractivity contribution is 5.78. The third-order valence-corrected chi connectivity index (χ3v) is 4.19. The largest absolute Gasteiger partial charge is 0.416 e. The van der Waals surface area contributed by atoms with Crippen LogP contribution >= 0.6 is 0 Å². The summed E-state index contributed by atoms with van der Waals surface area (Å²) in [5.74, 6) is -0.494. The molecule has 1 amide bonds. The summed E-state index contributed by atoms with van der Waals surface area (Å²) in [5.41, 5.74) is -0.657. The predicted octanol–water partition coefficient (Wildman–Crippen LogP) is 3.07. The Morgan fingerprint density at radius 2 is 1.78 bits per heavy atom. The lowest BCUT2D eigenvalue weighted by atomic mass is 10.1. The molecule has 0 N–H and O–H groups in total. The molecule has 0 aliphatic rings. The molecule has 0 saturated heterocycles. The molecule has 0 saturated carbocycles. The number of carbonyl (C=O) groups excluding carboxylic acids is 1. The quantitative estimate of drug-likeness (QED) is 0.704. The van der Waals surface area contributed by atoms with Crippen molar-refractivity contribution >= 4 is 16.8 Å². The maximum Gasteiger partial charge on any atom is 0.416 e. The van der Waals surface area contributed by atoms with Crippen molar-refractivity contribution in [3.05, 3.63) is 76.3 Å². The first-order chi connectivity index (χ1) is 12.8. The Bertz CT molecular complexity index is 1040. The molecule has 0 bridgehead atoms. The molecule has 0 aliphatic carbocycles. The van der Waals surface area contributed by atoms with Gasteiger partial charge in [-0.1, -0.05) is 30.3 Å². The molecular formula is C19H16F3N3O2. The fourth-order valence-corrected chi connectivity index (χ4v) is 2.76. The van der Waals surface area contributed by atoms with Crippen molar-refractivity contribution in [1.82, 2.24) is 14.5 Å². The Kier molecular flexibility index (Phi) is 4.98. The van der Waals surface area contributed by atoms with E-state index >= 15 is 0 Å². The van der Waals surface area contributed by atoms with Crippen LogP contribution in [-0.4, -0.2) is 27.4 Å². The summed E-state index contributed by atoms with van der Waals surface area (Å²) in [6.45, 7) is -0.522. The van der Waals surface area contributed by atoms with E-state index in [1.807, 2.05) is 0 Å². The van der Waals surface area contributed by atoms with Gasteiger partial charge in [0.25, 0.3) is 5.56 Å². The molecule has 27 heavy (non-hydrogen) atoms. The van der Waals surface area contributed by atoms with E-state index in [-0.39, 0.29) is 24.2 Å². The minimum atomic E-state index is -4.50. The molecular weight excluding hydrogens is 359 g/mol. The lowest BCUT2D eigenvalue weighted by Gasteiger charge is -2.20. The minimum Gasteiger partial charge on any atom is -0.340 e. The first-order valence-electron chi connectivity index (χ1n) is 8.10. The second-order valence-corrected chi connectivity index (χ2v) is 6.10. The van der Waals surface area contributed by atoms with E-state index in [9.17, 15) is 22.8 Å². The van der Waals surface area contributed by atoms with E-state index in [1.165, 1.54) is 31.6 Å². The number of nitrogens with zero attached hydrogens (tertiary/aromatic N) is 3. The molecule has 0 spiro atoms. The highest BCUT2D eigenvalue weighted by atomic mass is 19.4. The standard InChI is InChI=1S/C19H16F3N3O2/c1-24(10-13-6-2-4-8-15(13)19(20,21)22)17(26)11-25-12-23-16-9-5-3-7-14(16)18(25)27/h2-9,12H,10-11H2,1H3. The average molecular weight is 375 g/mol. The number of halogens is 3. The summed E-state index contributed by atoms with van der Waals surface area (Å²) in [5, 5.41) is 0.373. The normalized spacial score (nSPS) is 11.6. The number of likely N-dealkylation sites (N-methyl/N-ethyl adjacent to an activating group) is 1. The molecule has 2 aromatic carbocycles. The molecule has 0 atom stereocenters. The maximum atomic E-state index is 13.1. The second kappa shape index (κ2) is 7.22. The number of hydrogen-bond acceptors (Lipinski definition) is 3. The van der Waals surface area contributed by atoms with E-state index in [4.69, 9.17) is 0 Å². The number of benzene rings is 2. The summed E-state index contributed by atoms with van der Waals surface area (Å²) < 4.78 is 40.4. The highest BCUT2D eigenvalue weighted by Crippen LogP contribution is 2.32. The molecule has 0 fully saturated rings. The summed E-state index contributed by atoms with van der Waals surface area (Å²) in [4.78, 5) is 30.1. The van der Waals surface area contributed by atoms with Gasteiger partial charge in [-0.2, -0.15) is 13.2 Å². The van der Waals surface area contributed by atoms with E-state index < -0.39 is 17.6 Å². The fraction of sp³-hybridized carbons (Fsp3) is 0.211. The van der Waals surface area contributed by atoms with Crippen LogP contribution < -0.4 is 5.56 Å². The Labute approximate surface area is 152 Å². The van der Waals surface area contributed by atoms with Crippen LogP contribution in [0.1, 0.15) is 11.1 Å². The topological polar surface area (TPSA) is 55.2 Å². The van der Waals surface area contributed by atoms with Gasteiger partial charge in [-0.15, -0.1) is 0 Å². The van der Waals surface area contributed by atoms with Gasteiger partial charge in [0.05, 0.1) is 22.8 Å². The van der Waals surface area contributed by atoms with Gasteiger partial charge >= 0.3 is 6.18 Å². The van der Waals surface area contributed by atoms with Gasteiger partial charge < -0.3 is 4.90 Å². The van der Waals surface area contributed by atoms with Crippen molar-refractivity contribution in [3.63, 3.8) is 0 Å². The van der Waals surface area contributed by atoms with Crippen LogP contribution in [0, 0.1) is 0 Å². The van der Waals surface area contributed by atoms with Gasteiger partial charge in [-0.05, 0) is 23.8 Å². The molecule has 3 aromatic rings. The first kappa shape index (κ1) is 18.6. The van der Waals surface area contributed by atoms with E-state index in [0.717, 1.165) is 15.5 Å². The van der Waals surface area contributed by atoms with Crippen LogP contribution in [0.3, 0.4) is 0 Å². The van der Waals surface area contributed by atoms with E-state index in [2.05, 4.69) is 4.98 Å². The first-order valence-corrected chi connectivity index (χ1v) is 8.10. The summed E-state index contributed by atoms with van der Waals surface area (Å²) in [6.07, 6.45) is -3.24. The van der Waals surface area contributed by atoms with E-state index in [1.54, 1.807) is 24.3 Å². The SMILES string of the molecule is CN(Cc1ccccc1C(F)(F)F)C(=O)Cn1cnc2ccccc2c1=O. The maximum absolute atomic E-state index is 13.1. The fourth-order valence-electron chi connectivity index (χ4n) is 2.76. The van der Waals surface area contributed by atoms with Crippen molar-refractivity contribution in [2.24, 2.45) is 0 Å². The molecule has 1 heterocycles. The van der Waals surface area contributed by atoms with Crippen LogP contribution in [0.2, 0.25) is 0 Å². The average Bonchev–Trinajstić information content (AvgIpc) is 2.63. The van der Waals surface area contributed by atoms with Crippen LogP contribution in [0.4, 0.5) is 13.2 Å². The third-order valence-electron chi connectivity index (χ3n) is 4.19. The van der Waals surface area contributed by atoms with Crippen molar-refractivity contribution in [3.8, 4) is 0 Å². The van der Waals surface area contributed by atoms with E-state index in [0.29, 0.717) is 10.9 Å². The van der Waals surface area contributed by atoms with Crippen LogP contribution in [0.15, 0.2) is 59.7 Å². The summed E-state index contributed by atoms with van der Waals surface area (Å²) in [6, 6.07) is 11.8. The van der Waals surface area contributed by atoms with Crippen LogP contribution in [-0.2, 0) is 24.1 Å². The van der Waals surface area contributed by atoms with Gasteiger partial charge in [-0.3, -0.25) is 14.2 Å². The van der Waals surface area contributed by atoms with Gasteiger partial charge in [-0.25, -0.2) is 4.98 Å². The number of para-hydroxylation sites is 1. The molecule has 1 aromatic heterocycles. The number of rotatable bonds is 4. The second-order valence-electron chi connectivity index (χ2n) is 6.10.